The van der Waals surface area contributed by atoms with Crippen molar-refractivity contribution in [3.63, 3.8) is 0 Å². The number of anilines is 1. The summed E-state index contributed by atoms with van der Waals surface area (Å²) in [6.07, 6.45) is -0.165. The zero-order valence-corrected chi connectivity index (χ0v) is 13.3. The summed E-state index contributed by atoms with van der Waals surface area (Å²) in [7, 11) is -3.64. The van der Waals surface area contributed by atoms with E-state index in [1.165, 1.54) is 22.5 Å². The maximum absolute atomic E-state index is 12.7. The standard InChI is InChI=1S/C13H19ClN2O3S/c1-9-7-16(8-13(2,3)19-9)20(17,18)12-5-4-10(14)6-11(12)15/h4-6,9H,7-8,15H2,1-3H3. The summed E-state index contributed by atoms with van der Waals surface area (Å²) in [5.74, 6) is 0. The number of rotatable bonds is 2. The van der Waals surface area contributed by atoms with Gasteiger partial charge in [0, 0.05) is 18.1 Å². The molecular formula is C13H19ClN2O3S. The Kier molecular flexibility index (Phi) is 4.03. The fourth-order valence-corrected chi connectivity index (χ4v) is 4.41. The van der Waals surface area contributed by atoms with Crippen LogP contribution in [0.15, 0.2) is 23.1 Å². The predicted molar refractivity (Wildman–Crippen MR) is 79.2 cm³/mol. The van der Waals surface area contributed by atoms with Gasteiger partial charge in [0.05, 0.1) is 17.4 Å². The molecule has 1 aliphatic rings. The minimum absolute atomic E-state index is 0.0896. The molecule has 0 aromatic heterocycles. The molecular weight excluding hydrogens is 300 g/mol. The molecule has 7 heteroatoms. The van der Waals surface area contributed by atoms with Gasteiger partial charge in [0.25, 0.3) is 0 Å². The van der Waals surface area contributed by atoms with E-state index in [0.29, 0.717) is 18.1 Å². The van der Waals surface area contributed by atoms with Gasteiger partial charge in [-0.3, -0.25) is 0 Å². The van der Waals surface area contributed by atoms with E-state index in [2.05, 4.69) is 0 Å². The van der Waals surface area contributed by atoms with E-state index >= 15 is 0 Å². The highest BCUT2D eigenvalue weighted by molar-refractivity contribution is 7.89. The van der Waals surface area contributed by atoms with Gasteiger partial charge in [-0.15, -0.1) is 0 Å². The molecule has 2 rings (SSSR count). The summed E-state index contributed by atoms with van der Waals surface area (Å²) >= 11 is 5.81. The molecule has 1 aliphatic heterocycles. The molecule has 2 N–H and O–H groups in total. The fourth-order valence-electron chi connectivity index (χ4n) is 2.47. The number of sulfonamides is 1. The van der Waals surface area contributed by atoms with Crippen molar-refractivity contribution in [2.24, 2.45) is 0 Å². The topological polar surface area (TPSA) is 72.6 Å². The third-order valence-corrected chi connectivity index (χ3v) is 5.25. The molecule has 1 saturated heterocycles. The van der Waals surface area contributed by atoms with Gasteiger partial charge in [0.2, 0.25) is 10.0 Å². The molecule has 0 aliphatic carbocycles. The average molecular weight is 319 g/mol. The van der Waals surface area contributed by atoms with E-state index < -0.39 is 15.6 Å². The Morgan fingerprint density at radius 3 is 2.65 bits per heavy atom. The highest BCUT2D eigenvalue weighted by Gasteiger charge is 2.38. The minimum atomic E-state index is -3.64. The highest BCUT2D eigenvalue weighted by Crippen LogP contribution is 2.30. The third kappa shape index (κ3) is 3.09. The van der Waals surface area contributed by atoms with Crippen molar-refractivity contribution < 1.29 is 13.2 Å². The fraction of sp³-hybridized carbons (Fsp3) is 0.538. The van der Waals surface area contributed by atoms with Crippen molar-refractivity contribution in [3.8, 4) is 0 Å². The van der Waals surface area contributed by atoms with Crippen molar-refractivity contribution >= 4 is 27.3 Å². The van der Waals surface area contributed by atoms with Crippen LogP contribution in [-0.4, -0.2) is 37.5 Å². The molecule has 0 spiro atoms. The molecule has 0 saturated carbocycles. The first-order valence-corrected chi connectivity index (χ1v) is 8.17. The Morgan fingerprint density at radius 1 is 1.45 bits per heavy atom. The number of halogens is 1. The summed E-state index contributed by atoms with van der Waals surface area (Å²) in [6, 6.07) is 4.42. The summed E-state index contributed by atoms with van der Waals surface area (Å²) in [6.45, 7) is 6.21. The Labute approximate surface area is 124 Å². The number of hydrogen-bond donors (Lipinski definition) is 1. The van der Waals surface area contributed by atoms with Crippen molar-refractivity contribution in [2.45, 2.75) is 37.4 Å². The van der Waals surface area contributed by atoms with E-state index in [0.717, 1.165) is 0 Å². The zero-order chi connectivity index (χ0) is 15.1. The number of nitrogens with two attached hydrogens (primary N) is 1. The molecule has 5 nitrogen and oxygen atoms in total. The number of hydrogen-bond acceptors (Lipinski definition) is 4. The van der Waals surface area contributed by atoms with Gasteiger partial charge < -0.3 is 10.5 Å². The van der Waals surface area contributed by atoms with E-state index in [1.54, 1.807) is 0 Å². The lowest BCUT2D eigenvalue weighted by Crippen LogP contribution is -2.53. The van der Waals surface area contributed by atoms with Gasteiger partial charge in [-0.2, -0.15) is 4.31 Å². The van der Waals surface area contributed by atoms with Crippen LogP contribution >= 0.6 is 11.6 Å². The summed E-state index contributed by atoms with van der Waals surface area (Å²) < 4.78 is 32.5. The van der Waals surface area contributed by atoms with E-state index in [9.17, 15) is 8.42 Å². The normalized spacial score (nSPS) is 23.7. The van der Waals surface area contributed by atoms with Crippen LogP contribution in [0.1, 0.15) is 20.8 Å². The van der Waals surface area contributed by atoms with Crippen LogP contribution in [0.5, 0.6) is 0 Å². The van der Waals surface area contributed by atoms with Gasteiger partial charge in [0.15, 0.2) is 0 Å². The lowest BCUT2D eigenvalue weighted by atomic mass is 10.1. The Morgan fingerprint density at radius 2 is 2.10 bits per heavy atom. The van der Waals surface area contributed by atoms with Gasteiger partial charge in [-0.05, 0) is 39.0 Å². The van der Waals surface area contributed by atoms with Crippen LogP contribution in [0.3, 0.4) is 0 Å². The molecule has 0 bridgehead atoms. The first-order chi connectivity index (χ1) is 9.12. The monoisotopic (exact) mass is 318 g/mol. The summed E-state index contributed by atoms with van der Waals surface area (Å²) in [4.78, 5) is 0.0896. The third-order valence-electron chi connectivity index (χ3n) is 3.13. The molecule has 0 amide bonds. The lowest BCUT2D eigenvalue weighted by Gasteiger charge is -2.41. The van der Waals surface area contributed by atoms with Crippen molar-refractivity contribution in [1.82, 2.24) is 4.31 Å². The Balaban J connectivity index is 2.39. The highest BCUT2D eigenvalue weighted by atomic mass is 35.5. The largest absolute Gasteiger partial charge is 0.398 e. The molecule has 1 aromatic carbocycles. The van der Waals surface area contributed by atoms with Gasteiger partial charge in [0.1, 0.15) is 4.90 Å². The lowest BCUT2D eigenvalue weighted by molar-refractivity contribution is -0.109. The Bertz CT molecular complexity index is 616. The van der Waals surface area contributed by atoms with Gasteiger partial charge in [-0.25, -0.2) is 8.42 Å². The number of ether oxygens (including phenoxy) is 1. The second-order valence-corrected chi connectivity index (χ2v) is 8.01. The molecule has 20 heavy (non-hydrogen) atoms. The first-order valence-electron chi connectivity index (χ1n) is 6.35. The maximum Gasteiger partial charge on any atom is 0.245 e. The van der Waals surface area contributed by atoms with E-state index in [-0.39, 0.29) is 16.7 Å². The predicted octanol–water partition coefficient (Wildman–Crippen LogP) is 2.11. The van der Waals surface area contributed by atoms with Crippen LogP contribution in [0.25, 0.3) is 0 Å². The molecule has 112 valence electrons. The first kappa shape index (κ1) is 15.6. The van der Waals surface area contributed by atoms with Crippen molar-refractivity contribution in [3.05, 3.63) is 23.2 Å². The van der Waals surface area contributed by atoms with Crippen molar-refractivity contribution in [2.75, 3.05) is 18.8 Å². The Hall–Kier alpha value is -0.820. The SMILES string of the molecule is CC1CN(S(=O)(=O)c2ccc(Cl)cc2N)CC(C)(C)O1. The summed E-state index contributed by atoms with van der Waals surface area (Å²) in [5.41, 5.74) is 5.43. The number of nitrogen functional groups attached to an aromatic ring is 1. The van der Waals surface area contributed by atoms with Crippen LogP contribution < -0.4 is 5.73 Å². The molecule has 1 heterocycles. The second-order valence-electron chi connectivity index (χ2n) is 5.67. The second kappa shape index (κ2) is 5.18. The van der Waals surface area contributed by atoms with Gasteiger partial charge >= 0.3 is 0 Å². The molecule has 1 unspecified atom stereocenters. The van der Waals surface area contributed by atoms with Crippen LogP contribution in [0.2, 0.25) is 5.02 Å². The number of benzene rings is 1. The molecule has 1 atom stereocenters. The van der Waals surface area contributed by atoms with Crippen LogP contribution in [0.4, 0.5) is 5.69 Å². The summed E-state index contributed by atoms with van der Waals surface area (Å²) in [5, 5.41) is 0.414. The number of morpholine rings is 1. The number of nitrogens with zero attached hydrogens (tertiary/aromatic N) is 1. The minimum Gasteiger partial charge on any atom is -0.398 e. The van der Waals surface area contributed by atoms with Gasteiger partial charge in [-0.1, -0.05) is 11.6 Å². The molecule has 0 radical (unpaired) electrons. The zero-order valence-electron chi connectivity index (χ0n) is 11.8. The van der Waals surface area contributed by atoms with Crippen LogP contribution in [-0.2, 0) is 14.8 Å². The quantitative estimate of drug-likeness (QED) is 0.848. The van der Waals surface area contributed by atoms with Crippen LogP contribution in [0, 0.1) is 0 Å². The average Bonchev–Trinajstić information content (AvgIpc) is 2.25. The molecule has 1 fully saturated rings. The molecule has 1 aromatic rings. The smallest absolute Gasteiger partial charge is 0.245 e. The van der Waals surface area contributed by atoms with Crippen molar-refractivity contribution in [1.29, 1.82) is 0 Å². The van der Waals surface area contributed by atoms with E-state index in [1.807, 2.05) is 20.8 Å². The van der Waals surface area contributed by atoms with E-state index in [4.69, 9.17) is 22.1 Å². The maximum atomic E-state index is 12.7.